The topological polar surface area (TPSA) is 63.5 Å². The smallest absolute Gasteiger partial charge is 0.387 e. The van der Waals surface area contributed by atoms with Crippen molar-refractivity contribution in [3.63, 3.8) is 0 Å². The first-order chi connectivity index (χ1) is 12.4. The maximum absolute atomic E-state index is 12.6. The van der Waals surface area contributed by atoms with Gasteiger partial charge in [-0.25, -0.2) is 4.99 Å². The van der Waals surface area contributed by atoms with Gasteiger partial charge in [0.25, 0.3) is 0 Å². The van der Waals surface area contributed by atoms with Crippen molar-refractivity contribution in [2.45, 2.75) is 26.6 Å². The minimum absolute atomic E-state index is 0. The van der Waals surface area contributed by atoms with Crippen LogP contribution in [0.3, 0.4) is 0 Å². The molecule has 2 aromatic rings. The van der Waals surface area contributed by atoms with Gasteiger partial charge in [-0.1, -0.05) is 23.2 Å². The highest BCUT2D eigenvalue weighted by molar-refractivity contribution is 14.0. The molecule has 6 nitrogen and oxygen atoms in total. The van der Waals surface area contributed by atoms with Gasteiger partial charge >= 0.3 is 6.61 Å². The number of nitrogens with one attached hydrogen (secondary N) is 2. The summed E-state index contributed by atoms with van der Waals surface area (Å²) < 4.78 is 31.5. The lowest BCUT2D eigenvalue weighted by molar-refractivity contribution is -0.0503. The Hall–Kier alpha value is -1.33. The summed E-state index contributed by atoms with van der Waals surface area (Å²) in [7, 11) is 1.84. The number of hydrogen-bond acceptors (Lipinski definition) is 3. The lowest BCUT2D eigenvalue weighted by Crippen LogP contribution is -2.37. The quantitative estimate of drug-likeness (QED) is 0.318. The van der Waals surface area contributed by atoms with Crippen molar-refractivity contribution in [1.29, 1.82) is 0 Å². The number of aliphatic imine (C=N–C) groups is 1. The molecule has 0 saturated carbocycles. The number of alkyl halides is 2. The van der Waals surface area contributed by atoms with Crippen molar-refractivity contribution in [2.75, 3.05) is 6.54 Å². The van der Waals surface area contributed by atoms with Crippen LogP contribution in [0.15, 0.2) is 29.4 Å². The number of nitrogens with zero attached hydrogens (tertiary/aromatic N) is 3. The third kappa shape index (κ3) is 7.30. The normalized spacial score (nSPS) is 11.3. The van der Waals surface area contributed by atoms with Crippen LogP contribution in [0, 0.1) is 0 Å². The van der Waals surface area contributed by atoms with Crippen molar-refractivity contribution in [3.05, 3.63) is 45.7 Å². The maximum atomic E-state index is 12.6. The van der Waals surface area contributed by atoms with Crippen molar-refractivity contribution in [2.24, 2.45) is 12.0 Å². The molecule has 0 saturated heterocycles. The van der Waals surface area contributed by atoms with Crippen molar-refractivity contribution in [1.82, 2.24) is 20.4 Å². The molecule has 0 unspecified atom stereocenters. The molecular weight excluding hydrogens is 514 g/mol. The van der Waals surface area contributed by atoms with Crippen LogP contribution < -0.4 is 15.4 Å². The Morgan fingerprint density at radius 3 is 2.67 bits per heavy atom. The second-order valence-electron chi connectivity index (χ2n) is 5.25. The van der Waals surface area contributed by atoms with E-state index >= 15 is 0 Å². The first kappa shape index (κ1) is 23.7. The summed E-state index contributed by atoms with van der Waals surface area (Å²) >= 11 is 11.9. The van der Waals surface area contributed by atoms with E-state index in [9.17, 15) is 8.78 Å². The Morgan fingerprint density at radius 2 is 2.07 bits per heavy atom. The monoisotopic (exact) mass is 533 g/mol. The zero-order valence-corrected chi connectivity index (χ0v) is 18.5. The van der Waals surface area contributed by atoms with Gasteiger partial charge in [-0.3, -0.25) is 4.68 Å². The van der Waals surface area contributed by atoms with E-state index < -0.39 is 6.61 Å². The minimum atomic E-state index is -2.99. The number of hydrogen-bond donors (Lipinski definition) is 2. The van der Waals surface area contributed by atoms with Crippen LogP contribution >= 0.6 is 47.2 Å². The van der Waals surface area contributed by atoms with Crippen molar-refractivity contribution in [3.8, 4) is 5.75 Å². The third-order valence-corrected chi connectivity index (χ3v) is 3.90. The number of halogens is 5. The van der Waals surface area contributed by atoms with E-state index in [1.54, 1.807) is 10.9 Å². The SMILES string of the molecule is CCNC(=NCc1cc(Cl)cc(Cl)c1OC(F)F)NCc1ccnn1C.I. The standard InChI is InChI=1S/C16H19Cl2F2N5O.HI/c1-3-21-16(23-9-12-4-5-24-25(12)2)22-8-10-6-11(17)7-13(18)14(10)26-15(19)20;/h4-7,15H,3,8-9H2,1-2H3,(H2,21,22,23);1H. The highest BCUT2D eigenvalue weighted by atomic mass is 127. The molecule has 0 amide bonds. The average molecular weight is 534 g/mol. The summed E-state index contributed by atoms with van der Waals surface area (Å²) in [5.74, 6) is 0.380. The maximum Gasteiger partial charge on any atom is 0.387 e. The van der Waals surface area contributed by atoms with E-state index in [0.29, 0.717) is 29.6 Å². The van der Waals surface area contributed by atoms with Crippen LogP contribution in [0.2, 0.25) is 10.0 Å². The van der Waals surface area contributed by atoms with Crippen LogP contribution in [0.25, 0.3) is 0 Å². The van der Waals surface area contributed by atoms with Gasteiger partial charge in [-0.05, 0) is 25.1 Å². The molecule has 2 N–H and O–H groups in total. The molecular formula is C16H20Cl2F2IN5O. The van der Waals surface area contributed by atoms with E-state index in [-0.39, 0.29) is 41.3 Å². The van der Waals surface area contributed by atoms with Crippen molar-refractivity contribution >= 4 is 53.1 Å². The summed E-state index contributed by atoms with van der Waals surface area (Å²) in [5.41, 5.74) is 1.32. The predicted octanol–water partition coefficient (Wildman–Crippen LogP) is 4.20. The number of aromatic nitrogens is 2. The molecule has 1 heterocycles. The van der Waals surface area contributed by atoms with E-state index in [2.05, 4.69) is 25.5 Å². The van der Waals surface area contributed by atoms with Crippen molar-refractivity contribution < 1.29 is 13.5 Å². The van der Waals surface area contributed by atoms with Crippen LogP contribution in [-0.4, -0.2) is 28.9 Å². The summed E-state index contributed by atoms with van der Waals surface area (Å²) in [5, 5.41) is 10.6. The molecule has 0 aliphatic heterocycles. The number of guanidine groups is 1. The fourth-order valence-electron chi connectivity index (χ4n) is 2.21. The molecule has 0 bridgehead atoms. The lowest BCUT2D eigenvalue weighted by Gasteiger charge is -2.14. The zero-order chi connectivity index (χ0) is 19.1. The first-order valence-electron chi connectivity index (χ1n) is 7.82. The Kier molecular flexibility index (Phi) is 10.1. The first-order valence-corrected chi connectivity index (χ1v) is 8.58. The predicted molar refractivity (Wildman–Crippen MR) is 113 cm³/mol. The second kappa shape index (κ2) is 11.5. The third-order valence-electron chi connectivity index (χ3n) is 3.40. The largest absolute Gasteiger partial charge is 0.433 e. The fourth-order valence-corrected chi connectivity index (χ4v) is 2.79. The van der Waals surface area contributed by atoms with E-state index in [0.717, 1.165) is 5.69 Å². The zero-order valence-electron chi connectivity index (χ0n) is 14.7. The van der Waals surface area contributed by atoms with Gasteiger partial charge in [-0.15, -0.1) is 24.0 Å². The number of ether oxygens (including phenoxy) is 1. The molecule has 0 aliphatic rings. The summed E-state index contributed by atoms with van der Waals surface area (Å²) in [6.45, 7) is 0.117. The number of benzene rings is 1. The van der Waals surface area contributed by atoms with E-state index in [4.69, 9.17) is 23.2 Å². The minimum Gasteiger partial charge on any atom is -0.433 e. The molecule has 1 aromatic carbocycles. The molecule has 150 valence electrons. The average Bonchev–Trinajstić information content (AvgIpc) is 2.98. The fraction of sp³-hybridized carbons (Fsp3) is 0.375. The second-order valence-corrected chi connectivity index (χ2v) is 6.09. The summed E-state index contributed by atoms with van der Waals surface area (Å²) in [4.78, 5) is 4.39. The molecule has 2 rings (SSSR count). The van der Waals surface area contributed by atoms with Gasteiger partial charge in [0.05, 0.1) is 23.8 Å². The van der Waals surface area contributed by atoms with E-state index in [1.807, 2.05) is 20.0 Å². The molecule has 0 atom stereocenters. The molecule has 0 fully saturated rings. The van der Waals surface area contributed by atoms with E-state index in [1.165, 1.54) is 12.1 Å². The molecule has 27 heavy (non-hydrogen) atoms. The van der Waals surface area contributed by atoms with Crippen LogP contribution in [-0.2, 0) is 20.1 Å². The highest BCUT2D eigenvalue weighted by Gasteiger charge is 2.15. The summed E-state index contributed by atoms with van der Waals surface area (Å²) in [6.07, 6.45) is 1.70. The molecule has 0 spiro atoms. The molecule has 1 aromatic heterocycles. The summed E-state index contributed by atoms with van der Waals surface area (Å²) in [6, 6.07) is 4.72. The Labute approximate surface area is 183 Å². The Morgan fingerprint density at radius 1 is 1.33 bits per heavy atom. The van der Waals surface area contributed by atoms with Gasteiger partial charge < -0.3 is 15.4 Å². The van der Waals surface area contributed by atoms with Gasteiger partial charge in [0.1, 0.15) is 5.75 Å². The molecule has 0 aliphatic carbocycles. The number of rotatable bonds is 7. The van der Waals surface area contributed by atoms with Gasteiger partial charge in [0, 0.05) is 30.4 Å². The molecule has 0 radical (unpaired) electrons. The van der Waals surface area contributed by atoms with Gasteiger partial charge in [0.2, 0.25) is 0 Å². The van der Waals surface area contributed by atoms with Crippen LogP contribution in [0.4, 0.5) is 8.78 Å². The number of aryl methyl sites for hydroxylation is 1. The Balaban J connectivity index is 0.00000364. The highest BCUT2D eigenvalue weighted by Crippen LogP contribution is 2.34. The van der Waals surface area contributed by atoms with Crippen LogP contribution in [0.1, 0.15) is 18.2 Å². The lowest BCUT2D eigenvalue weighted by atomic mass is 10.2. The van der Waals surface area contributed by atoms with Gasteiger partial charge in [0.15, 0.2) is 5.96 Å². The van der Waals surface area contributed by atoms with Gasteiger partial charge in [-0.2, -0.15) is 13.9 Å². The van der Waals surface area contributed by atoms with Crippen LogP contribution in [0.5, 0.6) is 5.75 Å². The molecule has 11 heteroatoms. The Bertz CT molecular complexity index is 773.